The molecule has 0 radical (unpaired) electrons. The Balaban J connectivity index is 1.48. The van der Waals surface area contributed by atoms with Gasteiger partial charge in [0, 0.05) is 30.1 Å². The lowest BCUT2D eigenvalue weighted by Gasteiger charge is -2.25. The quantitative estimate of drug-likeness (QED) is 0.456. The van der Waals surface area contributed by atoms with Crippen LogP contribution in [0.4, 0.5) is 0 Å². The number of ether oxygens (including phenoxy) is 2. The van der Waals surface area contributed by atoms with Gasteiger partial charge < -0.3 is 14.5 Å². The van der Waals surface area contributed by atoms with Gasteiger partial charge in [0.1, 0.15) is 13.2 Å². The number of H-pyrrole nitrogens is 1. The second-order valence-electron chi connectivity index (χ2n) is 10.0. The van der Waals surface area contributed by atoms with Crippen LogP contribution in [0.1, 0.15) is 43.3 Å². The van der Waals surface area contributed by atoms with Crippen molar-refractivity contribution < 1.29 is 9.47 Å². The zero-order chi connectivity index (χ0) is 24.6. The lowest BCUT2D eigenvalue weighted by Crippen LogP contribution is -2.31. The SMILES string of the molecule is Cc1ccc(CN(Cc2cc3cc4c(cc3[nH]c2=O)OCCO4)Cc2nnnn2C(C)(C)C)cc1. The molecule has 0 spiro atoms. The number of rotatable bonds is 6. The van der Waals surface area contributed by atoms with Crippen molar-refractivity contribution in [2.45, 2.75) is 52.9 Å². The van der Waals surface area contributed by atoms with Crippen LogP contribution in [0.2, 0.25) is 0 Å². The summed E-state index contributed by atoms with van der Waals surface area (Å²) in [6.45, 7) is 10.9. The Morgan fingerprint density at radius 3 is 2.43 bits per heavy atom. The van der Waals surface area contributed by atoms with Crippen LogP contribution in [0, 0.1) is 6.92 Å². The number of nitrogens with one attached hydrogen (secondary N) is 1. The third-order valence-electron chi connectivity index (χ3n) is 6.04. The molecule has 182 valence electrons. The minimum atomic E-state index is -0.254. The molecule has 9 nitrogen and oxygen atoms in total. The lowest BCUT2D eigenvalue weighted by atomic mass is 10.1. The second kappa shape index (κ2) is 9.14. The molecule has 0 amide bonds. The van der Waals surface area contributed by atoms with E-state index in [0.29, 0.717) is 49.9 Å². The van der Waals surface area contributed by atoms with Gasteiger partial charge >= 0.3 is 0 Å². The van der Waals surface area contributed by atoms with E-state index in [-0.39, 0.29) is 11.1 Å². The fraction of sp³-hybridized carbons (Fsp3) is 0.385. The molecule has 0 bridgehead atoms. The Bertz CT molecular complexity index is 1400. The third kappa shape index (κ3) is 5.05. The van der Waals surface area contributed by atoms with Crippen molar-refractivity contribution in [3.8, 4) is 11.5 Å². The number of benzene rings is 2. The first-order valence-electron chi connectivity index (χ1n) is 11.8. The van der Waals surface area contributed by atoms with E-state index in [9.17, 15) is 4.79 Å². The molecule has 9 heteroatoms. The van der Waals surface area contributed by atoms with E-state index in [4.69, 9.17) is 9.47 Å². The maximum Gasteiger partial charge on any atom is 0.252 e. The van der Waals surface area contributed by atoms with Gasteiger partial charge in [-0.05, 0) is 55.8 Å². The van der Waals surface area contributed by atoms with E-state index in [2.05, 4.69) is 77.4 Å². The largest absolute Gasteiger partial charge is 0.486 e. The van der Waals surface area contributed by atoms with E-state index in [1.165, 1.54) is 5.56 Å². The summed E-state index contributed by atoms with van der Waals surface area (Å²) in [6.07, 6.45) is 0. The summed E-state index contributed by atoms with van der Waals surface area (Å²) >= 11 is 0. The molecule has 0 aliphatic carbocycles. The smallest absolute Gasteiger partial charge is 0.252 e. The molecule has 2 aromatic carbocycles. The summed E-state index contributed by atoms with van der Waals surface area (Å²) in [7, 11) is 0. The minimum absolute atomic E-state index is 0.126. The van der Waals surface area contributed by atoms with Gasteiger partial charge in [0.05, 0.1) is 17.6 Å². The highest BCUT2D eigenvalue weighted by Crippen LogP contribution is 2.33. The molecular formula is C26H30N6O3. The van der Waals surface area contributed by atoms with Crippen LogP contribution in [0.25, 0.3) is 10.9 Å². The van der Waals surface area contributed by atoms with Crippen molar-refractivity contribution in [3.63, 3.8) is 0 Å². The van der Waals surface area contributed by atoms with Crippen molar-refractivity contribution >= 4 is 10.9 Å². The van der Waals surface area contributed by atoms with Crippen molar-refractivity contribution in [1.82, 2.24) is 30.1 Å². The summed E-state index contributed by atoms with van der Waals surface area (Å²) < 4.78 is 13.2. The van der Waals surface area contributed by atoms with Crippen molar-refractivity contribution in [2.75, 3.05) is 13.2 Å². The number of aryl methyl sites for hydroxylation is 1. The van der Waals surface area contributed by atoms with E-state index in [0.717, 1.165) is 22.3 Å². The number of hydrogen-bond acceptors (Lipinski definition) is 7. The van der Waals surface area contributed by atoms with Gasteiger partial charge in [0.25, 0.3) is 5.56 Å². The van der Waals surface area contributed by atoms with E-state index in [1.807, 2.05) is 22.9 Å². The number of fused-ring (bicyclic) bond motifs is 2. The van der Waals surface area contributed by atoms with Crippen molar-refractivity contribution in [2.24, 2.45) is 0 Å². The molecule has 0 saturated heterocycles. The van der Waals surface area contributed by atoms with Gasteiger partial charge in [-0.1, -0.05) is 29.8 Å². The predicted molar refractivity (Wildman–Crippen MR) is 133 cm³/mol. The molecule has 1 aliphatic rings. The maximum absolute atomic E-state index is 13.1. The van der Waals surface area contributed by atoms with Crippen LogP contribution in [0.5, 0.6) is 11.5 Å². The number of tetrazole rings is 1. The van der Waals surface area contributed by atoms with Crippen LogP contribution in [-0.4, -0.2) is 43.3 Å². The van der Waals surface area contributed by atoms with Gasteiger partial charge in [0.15, 0.2) is 17.3 Å². The van der Waals surface area contributed by atoms with Gasteiger partial charge in [-0.2, -0.15) is 0 Å². The van der Waals surface area contributed by atoms with Gasteiger partial charge in [-0.25, -0.2) is 4.68 Å². The third-order valence-corrected chi connectivity index (χ3v) is 6.04. The zero-order valence-electron chi connectivity index (χ0n) is 20.5. The van der Waals surface area contributed by atoms with Gasteiger partial charge in [0.2, 0.25) is 0 Å². The summed E-state index contributed by atoms with van der Waals surface area (Å²) in [5.41, 5.74) is 3.37. The molecule has 1 N–H and O–H groups in total. The number of aromatic nitrogens is 5. The minimum Gasteiger partial charge on any atom is -0.486 e. The van der Waals surface area contributed by atoms with Gasteiger partial charge in [-0.15, -0.1) is 5.10 Å². The molecule has 5 rings (SSSR count). The van der Waals surface area contributed by atoms with Crippen LogP contribution in [0.15, 0.2) is 47.3 Å². The summed E-state index contributed by atoms with van der Waals surface area (Å²) in [5.74, 6) is 2.10. The molecule has 0 atom stereocenters. The Hall–Kier alpha value is -3.72. The first-order valence-corrected chi connectivity index (χ1v) is 11.8. The van der Waals surface area contributed by atoms with E-state index < -0.39 is 0 Å². The Morgan fingerprint density at radius 2 is 1.71 bits per heavy atom. The molecule has 1 aliphatic heterocycles. The predicted octanol–water partition coefficient (Wildman–Crippen LogP) is 3.55. The fourth-order valence-corrected chi connectivity index (χ4v) is 4.29. The van der Waals surface area contributed by atoms with E-state index in [1.54, 1.807) is 0 Å². The normalized spacial score (nSPS) is 13.5. The molecule has 35 heavy (non-hydrogen) atoms. The highest BCUT2D eigenvalue weighted by Gasteiger charge is 2.22. The lowest BCUT2D eigenvalue weighted by molar-refractivity contribution is 0.172. The summed E-state index contributed by atoms with van der Waals surface area (Å²) in [4.78, 5) is 18.3. The van der Waals surface area contributed by atoms with Crippen LogP contribution < -0.4 is 15.0 Å². The first kappa shape index (κ1) is 23.0. The summed E-state index contributed by atoms with van der Waals surface area (Å²) in [6, 6.07) is 14.1. The fourth-order valence-electron chi connectivity index (χ4n) is 4.29. The van der Waals surface area contributed by atoms with Crippen LogP contribution >= 0.6 is 0 Å². The average Bonchev–Trinajstić information content (AvgIpc) is 3.29. The molecule has 4 aromatic rings. The maximum atomic E-state index is 13.1. The Labute approximate surface area is 203 Å². The average molecular weight is 475 g/mol. The van der Waals surface area contributed by atoms with Gasteiger partial charge in [-0.3, -0.25) is 9.69 Å². The Kier molecular flexibility index (Phi) is 6.02. The molecule has 3 heterocycles. The number of pyridine rings is 1. The summed E-state index contributed by atoms with van der Waals surface area (Å²) in [5, 5.41) is 13.3. The molecule has 2 aromatic heterocycles. The van der Waals surface area contributed by atoms with Crippen LogP contribution in [0.3, 0.4) is 0 Å². The van der Waals surface area contributed by atoms with Crippen molar-refractivity contribution in [3.05, 3.63) is 75.3 Å². The number of nitrogens with zero attached hydrogens (tertiary/aromatic N) is 5. The molecule has 0 fully saturated rings. The highest BCUT2D eigenvalue weighted by atomic mass is 16.6. The molecule has 0 saturated carbocycles. The van der Waals surface area contributed by atoms with Crippen molar-refractivity contribution in [1.29, 1.82) is 0 Å². The highest BCUT2D eigenvalue weighted by molar-refractivity contribution is 5.83. The standard InChI is InChI=1S/C26H30N6O3/c1-17-5-7-18(8-6-17)14-31(16-24-28-29-30-32(24)26(2,3)4)15-20-11-19-12-22-23(35-10-9-34-22)13-21(19)27-25(20)33/h5-8,11-13H,9-10,14-16H2,1-4H3,(H,27,33). The first-order chi connectivity index (χ1) is 16.8. The topological polar surface area (TPSA) is 98.2 Å². The molecular weight excluding hydrogens is 444 g/mol. The second-order valence-corrected chi connectivity index (χ2v) is 10.0. The Morgan fingerprint density at radius 1 is 1.00 bits per heavy atom. The van der Waals surface area contributed by atoms with E-state index >= 15 is 0 Å². The van der Waals surface area contributed by atoms with Crippen LogP contribution in [-0.2, 0) is 25.2 Å². The monoisotopic (exact) mass is 474 g/mol. The zero-order valence-corrected chi connectivity index (χ0v) is 20.5. The number of hydrogen-bond donors (Lipinski definition) is 1. The number of aromatic amines is 1. The molecule has 0 unspecified atom stereocenters.